The predicted molar refractivity (Wildman–Crippen MR) is 109 cm³/mol. The topological polar surface area (TPSA) is 61.8 Å². The van der Waals surface area contributed by atoms with Crippen molar-refractivity contribution in [2.75, 3.05) is 18.0 Å². The van der Waals surface area contributed by atoms with Gasteiger partial charge in [0.05, 0.1) is 17.1 Å². The molecule has 0 unspecified atom stereocenters. The molecule has 27 heavy (non-hydrogen) atoms. The smallest absolute Gasteiger partial charge is 0.221 e. The lowest BCUT2D eigenvalue weighted by atomic mass is 9.92. The lowest BCUT2D eigenvalue weighted by Crippen LogP contribution is -2.29. The molecule has 0 bridgehead atoms. The van der Waals surface area contributed by atoms with Gasteiger partial charge in [0.2, 0.25) is 11.7 Å². The fraction of sp³-hybridized carbons (Fsp3) is 0.227. The minimum absolute atomic E-state index is 0.198. The molecule has 0 atom stereocenters. The summed E-state index contributed by atoms with van der Waals surface area (Å²) in [4.78, 5) is 31.0. The minimum atomic E-state index is -0.281. The average Bonchev–Trinajstić information content (AvgIpc) is 2.67. The minimum Gasteiger partial charge on any atom is -0.372 e. The molecule has 0 saturated carbocycles. The number of nitrogens with one attached hydrogen (secondary N) is 1. The number of aliphatic imine (C=N–C) groups is 1. The van der Waals surface area contributed by atoms with Crippen molar-refractivity contribution < 1.29 is 9.59 Å². The van der Waals surface area contributed by atoms with Crippen LogP contribution in [0.25, 0.3) is 0 Å². The zero-order chi connectivity index (χ0) is 19.4. The molecule has 0 heterocycles. The quantitative estimate of drug-likeness (QED) is 0.879. The van der Waals surface area contributed by atoms with Crippen LogP contribution in [0.2, 0.25) is 0 Å². The van der Waals surface area contributed by atoms with Gasteiger partial charge in [0.15, 0.2) is 0 Å². The first-order valence-electron chi connectivity index (χ1n) is 9.10. The molecule has 3 rings (SSSR count). The SMILES string of the molecule is CCN(CC)c1ccc(N=C2C=C(NC(C)=O)C(=O)c3ccccc32)cc1. The maximum absolute atomic E-state index is 12.6. The molecule has 1 amide bonds. The third-order valence-corrected chi connectivity index (χ3v) is 4.51. The molecule has 0 aromatic heterocycles. The van der Waals surface area contributed by atoms with Crippen molar-refractivity contribution >= 4 is 28.8 Å². The number of hydrogen-bond acceptors (Lipinski definition) is 4. The highest BCUT2D eigenvalue weighted by Gasteiger charge is 2.24. The van der Waals surface area contributed by atoms with Crippen molar-refractivity contribution in [1.29, 1.82) is 0 Å². The summed E-state index contributed by atoms with van der Waals surface area (Å²) >= 11 is 0. The number of amides is 1. The normalized spacial score (nSPS) is 14.6. The summed E-state index contributed by atoms with van der Waals surface area (Å²) in [5.74, 6) is -0.478. The largest absolute Gasteiger partial charge is 0.372 e. The molecule has 5 heteroatoms. The van der Waals surface area contributed by atoms with Gasteiger partial charge in [0.25, 0.3) is 0 Å². The van der Waals surface area contributed by atoms with Crippen molar-refractivity contribution in [3.63, 3.8) is 0 Å². The third kappa shape index (κ3) is 3.97. The first kappa shape index (κ1) is 18.6. The number of ketones is 1. The van der Waals surface area contributed by atoms with Crippen LogP contribution in [0.1, 0.15) is 36.7 Å². The fourth-order valence-electron chi connectivity index (χ4n) is 3.17. The highest BCUT2D eigenvalue weighted by molar-refractivity contribution is 6.27. The van der Waals surface area contributed by atoms with Gasteiger partial charge in [-0.15, -0.1) is 0 Å². The average molecular weight is 361 g/mol. The van der Waals surface area contributed by atoms with E-state index < -0.39 is 0 Å². The van der Waals surface area contributed by atoms with Gasteiger partial charge in [-0.05, 0) is 44.2 Å². The molecule has 0 radical (unpaired) electrons. The van der Waals surface area contributed by atoms with Crippen LogP contribution in [0.5, 0.6) is 0 Å². The number of Topliss-reactive ketones (excluding diaryl/α,β-unsaturated/α-hetero) is 1. The first-order chi connectivity index (χ1) is 13.0. The lowest BCUT2D eigenvalue weighted by Gasteiger charge is -2.21. The Balaban J connectivity index is 2.01. The van der Waals surface area contributed by atoms with Gasteiger partial charge < -0.3 is 10.2 Å². The molecule has 1 aliphatic rings. The van der Waals surface area contributed by atoms with E-state index in [1.165, 1.54) is 6.92 Å². The Bertz CT molecular complexity index is 923. The molecule has 1 N–H and O–H groups in total. The zero-order valence-electron chi connectivity index (χ0n) is 15.8. The van der Waals surface area contributed by atoms with Crippen molar-refractivity contribution in [1.82, 2.24) is 5.32 Å². The Kier molecular flexibility index (Phi) is 5.50. The molecular weight excluding hydrogens is 338 g/mol. The number of hydrogen-bond donors (Lipinski definition) is 1. The van der Waals surface area contributed by atoms with Gasteiger partial charge in [-0.2, -0.15) is 0 Å². The third-order valence-electron chi connectivity index (χ3n) is 4.51. The maximum Gasteiger partial charge on any atom is 0.221 e. The van der Waals surface area contributed by atoms with Crippen LogP contribution in [-0.2, 0) is 4.79 Å². The van der Waals surface area contributed by atoms with E-state index in [1.807, 2.05) is 42.5 Å². The molecular formula is C22H23N3O2. The molecule has 0 fully saturated rings. The zero-order valence-corrected chi connectivity index (χ0v) is 15.8. The van der Waals surface area contributed by atoms with Crippen molar-refractivity contribution in [2.24, 2.45) is 4.99 Å². The van der Waals surface area contributed by atoms with Gasteiger partial charge in [0, 0.05) is 36.8 Å². The van der Waals surface area contributed by atoms with Crippen molar-refractivity contribution in [3.05, 3.63) is 71.4 Å². The number of anilines is 1. The monoisotopic (exact) mass is 361 g/mol. The summed E-state index contributed by atoms with van der Waals surface area (Å²) in [7, 11) is 0. The van der Waals surface area contributed by atoms with E-state index in [-0.39, 0.29) is 17.4 Å². The molecule has 0 aliphatic heterocycles. The number of benzene rings is 2. The lowest BCUT2D eigenvalue weighted by molar-refractivity contribution is -0.118. The second kappa shape index (κ2) is 7.99. The summed E-state index contributed by atoms with van der Waals surface area (Å²) in [5, 5.41) is 2.61. The van der Waals surface area contributed by atoms with Crippen LogP contribution in [0, 0.1) is 0 Å². The molecule has 5 nitrogen and oxygen atoms in total. The fourth-order valence-corrected chi connectivity index (χ4v) is 3.17. The van der Waals surface area contributed by atoms with Gasteiger partial charge in [-0.1, -0.05) is 24.3 Å². The number of allylic oxidation sites excluding steroid dienone is 2. The predicted octanol–water partition coefficient (Wildman–Crippen LogP) is 3.87. The summed E-state index contributed by atoms with van der Waals surface area (Å²) in [6.45, 7) is 7.53. The van der Waals surface area contributed by atoms with Gasteiger partial charge >= 0.3 is 0 Å². The summed E-state index contributed by atoms with van der Waals surface area (Å²) < 4.78 is 0. The van der Waals surface area contributed by atoms with E-state index in [0.29, 0.717) is 11.3 Å². The van der Waals surface area contributed by atoms with Crippen LogP contribution in [0.3, 0.4) is 0 Å². The van der Waals surface area contributed by atoms with E-state index >= 15 is 0 Å². The molecule has 2 aromatic carbocycles. The van der Waals surface area contributed by atoms with Gasteiger partial charge in [-0.25, -0.2) is 4.99 Å². The van der Waals surface area contributed by atoms with E-state index in [0.717, 1.165) is 30.0 Å². The number of nitrogens with zero attached hydrogens (tertiary/aromatic N) is 2. The van der Waals surface area contributed by atoms with Crippen LogP contribution in [-0.4, -0.2) is 30.5 Å². The second-order valence-electron chi connectivity index (χ2n) is 6.30. The van der Waals surface area contributed by atoms with Gasteiger partial charge in [-0.3, -0.25) is 9.59 Å². The maximum atomic E-state index is 12.6. The van der Waals surface area contributed by atoms with E-state index in [9.17, 15) is 9.59 Å². The van der Waals surface area contributed by atoms with Crippen LogP contribution in [0.4, 0.5) is 11.4 Å². The van der Waals surface area contributed by atoms with E-state index in [2.05, 4.69) is 24.1 Å². The summed E-state index contributed by atoms with van der Waals surface area (Å²) in [6, 6.07) is 15.3. The van der Waals surface area contributed by atoms with Gasteiger partial charge in [0.1, 0.15) is 0 Å². The Morgan fingerprint density at radius 1 is 1.00 bits per heavy atom. The number of carbonyl (C=O) groups is 2. The number of rotatable bonds is 5. The van der Waals surface area contributed by atoms with E-state index in [1.54, 1.807) is 12.1 Å². The second-order valence-corrected chi connectivity index (χ2v) is 6.30. The summed E-state index contributed by atoms with van der Waals surface area (Å²) in [6.07, 6.45) is 1.64. The van der Waals surface area contributed by atoms with E-state index in [4.69, 9.17) is 4.99 Å². The Morgan fingerprint density at radius 2 is 1.63 bits per heavy atom. The Labute approximate surface area is 159 Å². The highest BCUT2D eigenvalue weighted by Crippen LogP contribution is 2.25. The molecule has 138 valence electrons. The molecule has 2 aromatic rings. The number of fused-ring (bicyclic) bond motifs is 1. The Morgan fingerprint density at radius 3 is 2.22 bits per heavy atom. The molecule has 0 spiro atoms. The van der Waals surface area contributed by atoms with Crippen molar-refractivity contribution in [2.45, 2.75) is 20.8 Å². The first-order valence-corrected chi connectivity index (χ1v) is 9.10. The van der Waals surface area contributed by atoms with Crippen LogP contribution < -0.4 is 10.2 Å². The molecule has 0 saturated heterocycles. The van der Waals surface area contributed by atoms with Crippen molar-refractivity contribution in [3.8, 4) is 0 Å². The highest BCUT2D eigenvalue weighted by atomic mass is 16.2. The number of carbonyl (C=O) groups excluding carboxylic acids is 2. The van der Waals surface area contributed by atoms with Crippen LogP contribution >= 0.6 is 0 Å². The molecule has 1 aliphatic carbocycles. The standard InChI is InChI=1S/C22H23N3O2/c1-4-25(5-2)17-12-10-16(11-13-17)24-20-14-21(23-15(3)26)22(27)19-9-7-6-8-18(19)20/h6-14H,4-5H2,1-3H3,(H,23,26). The summed E-state index contributed by atoms with van der Waals surface area (Å²) in [5.41, 5.74) is 4.16. The van der Waals surface area contributed by atoms with Crippen LogP contribution in [0.15, 0.2) is 65.3 Å². The Hall–Kier alpha value is -3.21.